The molecule has 4 aliphatic carbocycles. The lowest BCUT2D eigenvalue weighted by molar-refractivity contribution is -0.0777. The summed E-state index contributed by atoms with van der Waals surface area (Å²) in [6, 6.07) is 0. The van der Waals surface area contributed by atoms with E-state index in [0.717, 1.165) is 38.5 Å². The van der Waals surface area contributed by atoms with Crippen molar-refractivity contribution in [1.82, 2.24) is 0 Å². The molecule has 4 aliphatic rings. The molecule has 0 bridgehead atoms. The van der Waals surface area contributed by atoms with Crippen molar-refractivity contribution in [1.29, 1.82) is 0 Å². The summed E-state index contributed by atoms with van der Waals surface area (Å²) in [5.74, 6) is 3.04. The molecule has 0 amide bonds. The molecule has 0 saturated heterocycles. The van der Waals surface area contributed by atoms with Crippen LogP contribution < -0.4 is 0 Å². The normalized spacial score (nSPS) is 45.5. The standard InChI is InChI=1S/C28H46O3/c1-17(2)18(3)6-7-19(4)23-10-11-24-22-9-8-20-14-21(30)12-13-28(20,16-29)25(22)15-26(31)27(23,24)5/h15,17,19-24,26,29-31H,3,6-14,16H2,1-2,4-5H3/t19-,20+,21+,22+,23-,24-,26+,27-,28-/m1/s1. The van der Waals surface area contributed by atoms with Crippen LogP contribution in [0.1, 0.15) is 85.5 Å². The second-order valence-electron chi connectivity index (χ2n) is 12.2. The van der Waals surface area contributed by atoms with Gasteiger partial charge in [0.25, 0.3) is 0 Å². The lowest BCUT2D eigenvalue weighted by atomic mass is 9.47. The zero-order valence-corrected chi connectivity index (χ0v) is 20.3. The van der Waals surface area contributed by atoms with Crippen molar-refractivity contribution < 1.29 is 15.3 Å². The third-order valence-electron chi connectivity index (χ3n) is 10.6. The Morgan fingerprint density at radius 3 is 2.55 bits per heavy atom. The number of hydrogen-bond acceptors (Lipinski definition) is 3. The molecule has 0 radical (unpaired) electrons. The second-order valence-corrected chi connectivity index (χ2v) is 12.2. The maximum atomic E-state index is 11.6. The van der Waals surface area contributed by atoms with Crippen LogP contribution in [-0.4, -0.2) is 34.1 Å². The molecule has 0 spiro atoms. The number of fused-ring (bicyclic) bond motifs is 5. The van der Waals surface area contributed by atoms with Crippen molar-refractivity contribution in [3.8, 4) is 0 Å². The topological polar surface area (TPSA) is 60.7 Å². The fourth-order valence-electron chi connectivity index (χ4n) is 8.47. The summed E-state index contributed by atoms with van der Waals surface area (Å²) in [5.41, 5.74) is 2.43. The molecule has 3 saturated carbocycles. The Balaban J connectivity index is 1.59. The lowest BCUT2D eigenvalue weighted by Crippen LogP contribution is -2.55. The lowest BCUT2D eigenvalue weighted by Gasteiger charge is -2.58. The van der Waals surface area contributed by atoms with Gasteiger partial charge in [-0.25, -0.2) is 0 Å². The maximum absolute atomic E-state index is 11.6. The van der Waals surface area contributed by atoms with Crippen LogP contribution in [0.5, 0.6) is 0 Å². The molecular formula is C28H46O3. The molecule has 0 aromatic rings. The average Bonchev–Trinajstić information content (AvgIpc) is 3.10. The van der Waals surface area contributed by atoms with E-state index in [1.165, 1.54) is 30.4 Å². The van der Waals surface area contributed by atoms with E-state index in [1.807, 2.05) is 0 Å². The summed E-state index contributed by atoms with van der Waals surface area (Å²) < 4.78 is 0. The van der Waals surface area contributed by atoms with Gasteiger partial charge in [0.1, 0.15) is 0 Å². The monoisotopic (exact) mass is 430 g/mol. The van der Waals surface area contributed by atoms with Crippen molar-refractivity contribution in [2.24, 2.45) is 46.3 Å². The van der Waals surface area contributed by atoms with Crippen molar-refractivity contribution in [2.45, 2.75) is 97.7 Å². The van der Waals surface area contributed by atoms with Crippen LogP contribution in [-0.2, 0) is 0 Å². The zero-order chi connectivity index (χ0) is 22.6. The Kier molecular flexibility index (Phi) is 6.53. The predicted molar refractivity (Wildman–Crippen MR) is 126 cm³/mol. The highest BCUT2D eigenvalue weighted by Crippen LogP contribution is 2.66. The highest BCUT2D eigenvalue weighted by molar-refractivity contribution is 5.32. The number of aliphatic hydroxyl groups excluding tert-OH is 3. The fraction of sp³-hybridized carbons (Fsp3) is 0.857. The van der Waals surface area contributed by atoms with Gasteiger partial charge in [-0.15, -0.1) is 0 Å². The van der Waals surface area contributed by atoms with Gasteiger partial charge in [0.2, 0.25) is 0 Å². The van der Waals surface area contributed by atoms with Crippen molar-refractivity contribution in [3.63, 3.8) is 0 Å². The van der Waals surface area contributed by atoms with Gasteiger partial charge in [0.15, 0.2) is 0 Å². The van der Waals surface area contributed by atoms with Crippen molar-refractivity contribution >= 4 is 0 Å². The number of allylic oxidation sites excluding steroid dienone is 1. The molecule has 3 nitrogen and oxygen atoms in total. The Hall–Kier alpha value is -0.640. The largest absolute Gasteiger partial charge is 0.395 e. The smallest absolute Gasteiger partial charge is 0.0783 e. The number of aliphatic hydroxyl groups is 3. The molecule has 0 unspecified atom stereocenters. The van der Waals surface area contributed by atoms with Crippen molar-refractivity contribution in [3.05, 3.63) is 23.8 Å². The molecular weight excluding hydrogens is 384 g/mol. The third kappa shape index (κ3) is 3.67. The summed E-state index contributed by atoms with van der Waals surface area (Å²) in [5, 5.41) is 32.4. The minimum Gasteiger partial charge on any atom is -0.395 e. The van der Waals surface area contributed by atoms with E-state index in [1.54, 1.807) is 0 Å². The molecule has 3 N–H and O–H groups in total. The van der Waals surface area contributed by atoms with E-state index < -0.39 is 6.10 Å². The van der Waals surface area contributed by atoms with E-state index in [9.17, 15) is 15.3 Å². The summed E-state index contributed by atoms with van der Waals surface area (Å²) in [4.78, 5) is 0. The van der Waals surface area contributed by atoms with Gasteiger partial charge in [-0.05, 0) is 93.3 Å². The first-order valence-corrected chi connectivity index (χ1v) is 13.0. The Morgan fingerprint density at radius 2 is 1.87 bits per heavy atom. The van der Waals surface area contributed by atoms with Gasteiger partial charge in [-0.2, -0.15) is 0 Å². The van der Waals surface area contributed by atoms with Crippen LogP contribution in [0.3, 0.4) is 0 Å². The number of rotatable bonds is 6. The Morgan fingerprint density at radius 1 is 1.13 bits per heavy atom. The first kappa shape index (κ1) is 23.5. The Labute approximate surface area is 190 Å². The summed E-state index contributed by atoms with van der Waals surface area (Å²) in [7, 11) is 0. The molecule has 4 rings (SSSR count). The third-order valence-corrected chi connectivity index (χ3v) is 10.6. The highest BCUT2D eigenvalue weighted by Gasteiger charge is 2.61. The van der Waals surface area contributed by atoms with Gasteiger partial charge < -0.3 is 15.3 Å². The average molecular weight is 431 g/mol. The molecule has 176 valence electrons. The Bertz CT molecular complexity index is 711. The maximum Gasteiger partial charge on any atom is 0.0783 e. The summed E-state index contributed by atoms with van der Waals surface area (Å²) >= 11 is 0. The number of hydrogen-bond donors (Lipinski definition) is 3. The highest BCUT2D eigenvalue weighted by atomic mass is 16.3. The van der Waals surface area contributed by atoms with Crippen LogP contribution in [0.25, 0.3) is 0 Å². The summed E-state index contributed by atoms with van der Waals surface area (Å²) in [6.45, 7) is 13.7. The van der Waals surface area contributed by atoms with Gasteiger partial charge in [0.05, 0.1) is 18.8 Å². The van der Waals surface area contributed by atoms with Crippen LogP contribution in [0.4, 0.5) is 0 Å². The van der Waals surface area contributed by atoms with E-state index in [0.29, 0.717) is 35.5 Å². The molecule has 0 aromatic heterocycles. The second kappa shape index (κ2) is 8.61. The van der Waals surface area contributed by atoms with Crippen LogP contribution in [0.2, 0.25) is 0 Å². The molecule has 0 aliphatic heterocycles. The first-order valence-electron chi connectivity index (χ1n) is 13.0. The predicted octanol–water partition coefficient (Wildman–Crippen LogP) is 5.50. The first-order chi connectivity index (χ1) is 14.6. The molecule has 9 atom stereocenters. The van der Waals surface area contributed by atoms with E-state index in [4.69, 9.17) is 0 Å². The summed E-state index contributed by atoms with van der Waals surface area (Å²) in [6.07, 6.45) is 10.9. The molecule has 0 aromatic carbocycles. The van der Waals surface area contributed by atoms with Gasteiger partial charge in [-0.3, -0.25) is 0 Å². The van der Waals surface area contributed by atoms with Crippen LogP contribution in [0, 0.1) is 46.3 Å². The van der Waals surface area contributed by atoms with Crippen LogP contribution in [0.15, 0.2) is 23.8 Å². The van der Waals surface area contributed by atoms with E-state index in [-0.39, 0.29) is 23.5 Å². The van der Waals surface area contributed by atoms with Crippen LogP contribution >= 0.6 is 0 Å². The minimum atomic E-state index is -0.430. The van der Waals surface area contributed by atoms with Crippen molar-refractivity contribution in [2.75, 3.05) is 6.61 Å². The van der Waals surface area contributed by atoms with E-state index >= 15 is 0 Å². The molecule has 31 heavy (non-hydrogen) atoms. The van der Waals surface area contributed by atoms with Gasteiger partial charge >= 0.3 is 0 Å². The fourth-order valence-corrected chi connectivity index (χ4v) is 8.47. The minimum absolute atomic E-state index is 0.0651. The molecule has 3 fully saturated rings. The molecule has 0 heterocycles. The van der Waals surface area contributed by atoms with E-state index in [2.05, 4.69) is 40.3 Å². The SMILES string of the molecule is C=C(CC[C@@H](C)[C@H]1CC[C@@H]2[C@@H]3CC[C@H]4C[C@@H](O)CC[C@]4(CO)C3=C[C@H](O)[C@]12C)C(C)C. The molecule has 3 heteroatoms. The zero-order valence-electron chi connectivity index (χ0n) is 20.3. The van der Waals surface area contributed by atoms with Gasteiger partial charge in [0, 0.05) is 10.8 Å². The van der Waals surface area contributed by atoms with Gasteiger partial charge in [-0.1, -0.05) is 51.5 Å². The quantitative estimate of drug-likeness (QED) is 0.488.